The Hall–Kier alpha value is -2.34. The molecule has 6 heteroatoms. The zero-order chi connectivity index (χ0) is 19.3. The summed E-state index contributed by atoms with van der Waals surface area (Å²) in [6.45, 7) is 5.40. The lowest BCUT2D eigenvalue weighted by atomic mass is 10.0. The number of anilines is 2. The van der Waals surface area contributed by atoms with Crippen molar-refractivity contribution in [1.82, 2.24) is 9.97 Å². The maximum absolute atomic E-state index is 12.5. The number of aromatic amines is 1. The summed E-state index contributed by atoms with van der Waals surface area (Å²) < 4.78 is 5.66. The van der Waals surface area contributed by atoms with Gasteiger partial charge in [-0.25, -0.2) is 0 Å². The largest absolute Gasteiger partial charge is 0.375 e. The third-order valence-corrected chi connectivity index (χ3v) is 5.78. The minimum absolute atomic E-state index is 0.0347. The van der Waals surface area contributed by atoms with Crippen LogP contribution in [0.25, 0.3) is 0 Å². The molecule has 0 aliphatic carbocycles. The van der Waals surface area contributed by atoms with Crippen LogP contribution in [-0.2, 0) is 11.2 Å². The molecule has 2 aromatic heterocycles. The van der Waals surface area contributed by atoms with Crippen molar-refractivity contribution < 1.29 is 4.74 Å². The minimum atomic E-state index is -0.0347. The standard InChI is InChI=1S/C22H30N4O2/c1-17-16-25(11-12-28-17)20-14-21(24-22(27)15-20)26-10-6-2-3-8-19(26)13-18-7-4-5-9-23-18/h4-5,7,9,14-15,17,19H,2-3,6,8,10-13,16H2,1H3,(H,24,27)/t17-,19+/m1/s1. The Morgan fingerprint density at radius 2 is 2.14 bits per heavy atom. The second-order valence-corrected chi connectivity index (χ2v) is 7.94. The summed E-state index contributed by atoms with van der Waals surface area (Å²) in [7, 11) is 0. The molecular formula is C22H30N4O2. The molecule has 0 spiro atoms. The first kappa shape index (κ1) is 19.0. The van der Waals surface area contributed by atoms with Crippen molar-refractivity contribution in [3.8, 4) is 0 Å². The summed E-state index contributed by atoms with van der Waals surface area (Å²) in [5, 5.41) is 0. The van der Waals surface area contributed by atoms with Crippen LogP contribution in [0.5, 0.6) is 0 Å². The van der Waals surface area contributed by atoms with Gasteiger partial charge in [-0.15, -0.1) is 0 Å². The Labute approximate surface area is 166 Å². The molecule has 28 heavy (non-hydrogen) atoms. The summed E-state index contributed by atoms with van der Waals surface area (Å²) in [5.41, 5.74) is 2.07. The lowest BCUT2D eigenvalue weighted by Gasteiger charge is -2.35. The normalized spacial score (nSPS) is 23.5. The molecule has 150 valence electrons. The van der Waals surface area contributed by atoms with Crippen molar-refractivity contribution in [2.24, 2.45) is 0 Å². The number of ether oxygens (including phenoxy) is 1. The Balaban J connectivity index is 1.61. The summed E-state index contributed by atoms with van der Waals surface area (Å²) in [6.07, 6.45) is 7.68. The van der Waals surface area contributed by atoms with Crippen LogP contribution in [0.1, 0.15) is 38.3 Å². The van der Waals surface area contributed by atoms with Gasteiger partial charge >= 0.3 is 0 Å². The highest BCUT2D eigenvalue weighted by molar-refractivity contribution is 5.56. The van der Waals surface area contributed by atoms with Crippen LogP contribution < -0.4 is 15.4 Å². The quantitative estimate of drug-likeness (QED) is 0.881. The van der Waals surface area contributed by atoms with Crippen LogP contribution in [0, 0.1) is 0 Å². The average molecular weight is 383 g/mol. The van der Waals surface area contributed by atoms with Crippen molar-refractivity contribution in [2.75, 3.05) is 36.0 Å². The number of pyridine rings is 2. The third-order valence-electron chi connectivity index (χ3n) is 5.78. The van der Waals surface area contributed by atoms with Crippen LogP contribution in [0.2, 0.25) is 0 Å². The minimum Gasteiger partial charge on any atom is -0.375 e. The van der Waals surface area contributed by atoms with E-state index in [0.29, 0.717) is 12.6 Å². The van der Waals surface area contributed by atoms with Crippen LogP contribution in [0.15, 0.2) is 41.3 Å². The van der Waals surface area contributed by atoms with E-state index in [9.17, 15) is 4.79 Å². The first-order chi connectivity index (χ1) is 13.7. The van der Waals surface area contributed by atoms with E-state index in [4.69, 9.17) is 4.74 Å². The maximum Gasteiger partial charge on any atom is 0.251 e. The zero-order valence-corrected chi connectivity index (χ0v) is 16.6. The highest BCUT2D eigenvalue weighted by Crippen LogP contribution is 2.27. The summed E-state index contributed by atoms with van der Waals surface area (Å²) in [5.74, 6) is 0.935. The second-order valence-electron chi connectivity index (χ2n) is 7.94. The van der Waals surface area contributed by atoms with E-state index in [-0.39, 0.29) is 11.7 Å². The van der Waals surface area contributed by atoms with Gasteiger partial charge < -0.3 is 19.5 Å². The fraction of sp³-hybridized carbons (Fsp3) is 0.545. The van der Waals surface area contributed by atoms with Crippen LogP contribution in [0.4, 0.5) is 11.5 Å². The van der Waals surface area contributed by atoms with Gasteiger partial charge in [-0.1, -0.05) is 18.9 Å². The number of hydrogen-bond acceptors (Lipinski definition) is 5. The summed E-state index contributed by atoms with van der Waals surface area (Å²) in [4.78, 5) is 24.8. The van der Waals surface area contributed by atoms with E-state index < -0.39 is 0 Å². The molecule has 0 amide bonds. The van der Waals surface area contributed by atoms with Crippen LogP contribution >= 0.6 is 0 Å². The van der Waals surface area contributed by atoms with Crippen molar-refractivity contribution in [1.29, 1.82) is 0 Å². The molecule has 0 bridgehead atoms. The Bertz CT molecular complexity index is 823. The van der Waals surface area contributed by atoms with Gasteiger partial charge in [0.15, 0.2) is 0 Å². The van der Waals surface area contributed by atoms with E-state index in [1.165, 1.54) is 12.8 Å². The fourth-order valence-corrected chi connectivity index (χ4v) is 4.37. The molecule has 0 radical (unpaired) electrons. The van der Waals surface area contributed by atoms with Gasteiger partial charge in [0.05, 0.1) is 12.7 Å². The molecule has 2 fully saturated rings. The summed E-state index contributed by atoms with van der Waals surface area (Å²) >= 11 is 0. The van der Waals surface area contributed by atoms with Gasteiger partial charge in [0.25, 0.3) is 5.56 Å². The molecule has 2 aromatic rings. The molecule has 4 heterocycles. The molecule has 2 atom stereocenters. The van der Waals surface area contributed by atoms with E-state index in [1.54, 1.807) is 6.07 Å². The average Bonchev–Trinajstić information content (AvgIpc) is 2.94. The van der Waals surface area contributed by atoms with Crippen molar-refractivity contribution in [3.05, 3.63) is 52.6 Å². The molecule has 2 aliphatic heterocycles. The second kappa shape index (κ2) is 8.78. The molecule has 2 saturated heterocycles. The predicted molar refractivity (Wildman–Crippen MR) is 112 cm³/mol. The number of nitrogens with zero attached hydrogens (tertiary/aromatic N) is 3. The molecule has 2 aliphatic rings. The molecule has 4 rings (SSSR count). The fourth-order valence-electron chi connectivity index (χ4n) is 4.37. The third kappa shape index (κ3) is 4.55. The lowest BCUT2D eigenvalue weighted by Crippen LogP contribution is -2.42. The summed E-state index contributed by atoms with van der Waals surface area (Å²) in [6, 6.07) is 10.3. The van der Waals surface area contributed by atoms with E-state index >= 15 is 0 Å². The number of aromatic nitrogens is 2. The number of nitrogens with one attached hydrogen (secondary N) is 1. The first-order valence-corrected chi connectivity index (χ1v) is 10.5. The zero-order valence-electron chi connectivity index (χ0n) is 16.6. The van der Waals surface area contributed by atoms with Crippen molar-refractivity contribution in [3.63, 3.8) is 0 Å². The van der Waals surface area contributed by atoms with Crippen LogP contribution in [0.3, 0.4) is 0 Å². The van der Waals surface area contributed by atoms with E-state index in [0.717, 1.165) is 56.1 Å². The molecule has 1 N–H and O–H groups in total. The number of H-pyrrole nitrogens is 1. The first-order valence-electron chi connectivity index (χ1n) is 10.5. The van der Waals surface area contributed by atoms with E-state index in [1.807, 2.05) is 18.3 Å². The Kier molecular flexibility index (Phi) is 5.95. The van der Waals surface area contributed by atoms with Crippen molar-refractivity contribution in [2.45, 2.75) is 51.2 Å². The maximum atomic E-state index is 12.5. The van der Waals surface area contributed by atoms with Gasteiger partial charge in [-0.3, -0.25) is 9.78 Å². The topological polar surface area (TPSA) is 61.5 Å². The Morgan fingerprint density at radius 1 is 1.21 bits per heavy atom. The highest BCUT2D eigenvalue weighted by atomic mass is 16.5. The molecule has 6 nitrogen and oxygen atoms in total. The number of hydrogen-bond donors (Lipinski definition) is 1. The van der Waals surface area contributed by atoms with E-state index in [2.05, 4.69) is 38.8 Å². The van der Waals surface area contributed by atoms with Gasteiger partial charge in [0.2, 0.25) is 0 Å². The van der Waals surface area contributed by atoms with Crippen molar-refractivity contribution >= 4 is 11.5 Å². The predicted octanol–water partition coefficient (Wildman–Crippen LogP) is 2.99. The molecule has 0 saturated carbocycles. The number of rotatable bonds is 4. The molecule has 0 unspecified atom stereocenters. The van der Waals surface area contributed by atoms with Gasteiger partial charge in [-0.2, -0.15) is 0 Å². The van der Waals surface area contributed by atoms with Crippen LogP contribution in [-0.4, -0.2) is 48.4 Å². The Morgan fingerprint density at radius 3 is 2.96 bits per heavy atom. The molecule has 0 aromatic carbocycles. The smallest absolute Gasteiger partial charge is 0.251 e. The lowest BCUT2D eigenvalue weighted by molar-refractivity contribution is 0.0532. The van der Waals surface area contributed by atoms with Gasteiger partial charge in [0.1, 0.15) is 5.82 Å². The van der Waals surface area contributed by atoms with Gasteiger partial charge in [-0.05, 0) is 31.9 Å². The monoisotopic (exact) mass is 382 g/mol. The highest BCUT2D eigenvalue weighted by Gasteiger charge is 2.24. The SMILES string of the molecule is C[C@@H]1CN(c2cc(N3CCCCC[C@H]3Cc3ccccn3)[nH]c(=O)c2)CCO1. The number of morpholine rings is 1. The molecular weight excluding hydrogens is 352 g/mol. The van der Waals surface area contributed by atoms with Gasteiger partial charge in [0, 0.05) is 61.8 Å².